The van der Waals surface area contributed by atoms with Gasteiger partial charge in [-0.25, -0.2) is 0 Å². The third kappa shape index (κ3) is 2.89. The maximum atomic E-state index is 9.35. The summed E-state index contributed by atoms with van der Waals surface area (Å²) in [6.45, 7) is 8.35. The van der Waals surface area contributed by atoms with Crippen LogP contribution in [0.4, 0.5) is 5.82 Å². The van der Waals surface area contributed by atoms with E-state index in [1.807, 2.05) is 13.8 Å². The Balaban J connectivity index is 2.10. The Morgan fingerprint density at radius 2 is 1.90 bits per heavy atom. The van der Waals surface area contributed by atoms with Crippen LogP contribution >= 0.6 is 0 Å². The number of hydrogen-bond acceptors (Lipinski definition) is 5. The molecule has 0 unspecified atom stereocenters. The van der Waals surface area contributed by atoms with Crippen LogP contribution in [0.25, 0.3) is 0 Å². The second kappa shape index (κ2) is 6.36. The molecule has 1 saturated heterocycles. The molecule has 1 aromatic rings. The predicted octanol–water partition coefficient (Wildman–Crippen LogP) is 1.11. The second-order valence-electron chi connectivity index (χ2n) is 5.00. The number of nitrogens with zero attached hydrogens (tertiary/aromatic N) is 5. The Hall–Kier alpha value is -2.11. The molecule has 104 valence electrons. The van der Waals surface area contributed by atoms with Crippen molar-refractivity contribution in [1.82, 2.24) is 15.1 Å². The molecule has 2 rings (SSSR count). The van der Waals surface area contributed by atoms with Crippen molar-refractivity contribution >= 4 is 5.82 Å². The lowest BCUT2D eigenvalue weighted by molar-refractivity contribution is 0.263. The Bertz CT molecular complexity index is 559. The van der Waals surface area contributed by atoms with E-state index < -0.39 is 0 Å². The van der Waals surface area contributed by atoms with Crippen LogP contribution in [-0.4, -0.2) is 47.8 Å². The molecule has 1 aliphatic heterocycles. The highest BCUT2D eigenvalue weighted by Crippen LogP contribution is 2.22. The molecule has 1 fully saturated rings. The van der Waals surface area contributed by atoms with Crippen LogP contribution < -0.4 is 4.90 Å². The third-order valence-corrected chi connectivity index (χ3v) is 3.79. The minimum Gasteiger partial charge on any atom is -0.351 e. The summed E-state index contributed by atoms with van der Waals surface area (Å²) in [6.07, 6.45) is 6.08. The summed E-state index contributed by atoms with van der Waals surface area (Å²) >= 11 is 0. The Kier molecular flexibility index (Phi) is 4.55. The Labute approximate surface area is 120 Å². The molecule has 0 radical (unpaired) electrons. The fourth-order valence-corrected chi connectivity index (χ4v) is 2.36. The van der Waals surface area contributed by atoms with Gasteiger partial charge in [0.15, 0.2) is 5.82 Å². The van der Waals surface area contributed by atoms with Gasteiger partial charge in [-0.2, -0.15) is 10.4 Å². The van der Waals surface area contributed by atoms with Gasteiger partial charge in [-0.3, -0.25) is 4.90 Å². The van der Waals surface area contributed by atoms with Gasteiger partial charge in [0.1, 0.15) is 11.6 Å². The number of rotatable bonds is 3. The van der Waals surface area contributed by atoms with E-state index >= 15 is 0 Å². The zero-order valence-electron chi connectivity index (χ0n) is 12.1. The van der Waals surface area contributed by atoms with Crippen LogP contribution in [0, 0.1) is 37.5 Å². The normalized spacial score (nSPS) is 15.7. The molecule has 0 aromatic carbocycles. The highest BCUT2D eigenvalue weighted by molar-refractivity contribution is 5.57. The molecule has 0 atom stereocenters. The van der Waals surface area contributed by atoms with E-state index in [0.717, 1.165) is 50.4 Å². The van der Waals surface area contributed by atoms with E-state index in [1.54, 1.807) is 0 Å². The fourth-order valence-electron chi connectivity index (χ4n) is 2.36. The van der Waals surface area contributed by atoms with Crippen LogP contribution in [0.3, 0.4) is 0 Å². The van der Waals surface area contributed by atoms with Crippen molar-refractivity contribution in [3.8, 4) is 18.4 Å². The van der Waals surface area contributed by atoms with Gasteiger partial charge in [-0.05, 0) is 19.4 Å². The molecule has 0 aliphatic carbocycles. The highest BCUT2D eigenvalue weighted by atomic mass is 15.3. The van der Waals surface area contributed by atoms with E-state index in [1.165, 1.54) is 0 Å². The number of aromatic nitrogens is 2. The van der Waals surface area contributed by atoms with Crippen molar-refractivity contribution < 1.29 is 0 Å². The fraction of sp³-hybridized carbons (Fsp3) is 0.533. The number of terminal acetylenes is 1. The smallest absolute Gasteiger partial charge is 0.169 e. The van der Waals surface area contributed by atoms with E-state index in [9.17, 15) is 5.26 Å². The first-order valence-electron chi connectivity index (χ1n) is 6.82. The van der Waals surface area contributed by atoms with Crippen LogP contribution in [0.1, 0.15) is 23.2 Å². The summed E-state index contributed by atoms with van der Waals surface area (Å²) in [5.41, 5.74) is 2.39. The minimum atomic E-state index is 0.648. The van der Waals surface area contributed by atoms with Crippen molar-refractivity contribution in [2.24, 2.45) is 0 Å². The summed E-state index contributed by atoms with van der Waals surface area (Å²) in [4.78, 5) is 4.49. The van der Waals surface area contributed by atoms with Gasteiger partial charge in [-0.15, -0.1) is 17.4 Å². The average molecular weight is 269 g/mol. The topological polar surface area (TPSA) is 56.1 Å². The molecule has 0 amide bonds. The number of nitriles is 1. The van der Waals surface area contributed by atoms with Gasteiger partial charge < -0.3 is 4.90 Å². The molecule has 2 heterocycles. The monoisotopic (exact) mass is 269 g/mol. The van der Waals surface area contributed by atoms with Crippen LogP contribution in [0.5, 0.6) is 0 Å². The van der Waals surface area contributed by atoms with E-state index in [0.29, 0.717) is 11.4 Å². The molecule has 0 spiro atoms. The molecule has 1 aliphatic rings. The van der Waals surface area contributed by atoms with Gasteiger partial charge in [0.05, 0.1) is 5.69 Å². The summed E-state index contributed by atoms with van der Waals surface area (Å²) in [6, 6.07) is 2.26. The van der Waals surface area contributed by atoms with Crippen molar-refractivity contribution in [2.45, 2.75) is 20.3 Å². The quantitative estimate of drug-likeness (QED) is 0.769. The minimum absolute atomic E-state index is 0.648. The van der Waals surface area contributed by atoms with Crippen LogP contribution in [0.2, 0.25) is 0 Å². The first kappa shape index (κ1) is 14.3. The van der Waals surface area contributed by atoms with Crippen molar-refractivity contribution in [3.05, 3.63) is 16.8 Å². The van der Waals surface area contributed by atoms with Crippen molar-refractivity contribution in [2.75, 3.05) is 37.6 Å². The van der Waals surface area contributed by atoms with E-state index in [4.69, 9.17) is 6.42 Å². The van der Waals surface area contributed by atoms with Gasteiger partial charge in [0, 0.05) is 39.1 Å². The lowest BCUT2D eigenvalue weighted by Gasteiger charge is -2.35. The standard InChI is InChI=1S/C15H19N5/c1-4-5-6-19-7-9-20(10-8-19)15-14(11-16)12(2)13(3)17-18-15/h1H,5-10H2,2-3H3. The first-order chi connectivity index (χ1) is 9.67. The molecule has 1 aromatic heterocycles. The highest BCUT2D eigenvalue weighted by Gasteiger charge is 2.21. The summed E-state index contributed by atoms with van der Waals surface area (Å²) in [5, 5.41) is 17.7. The molecule has 5 nitrogen and oxygen atoms in total. The second-order valence-corrected chi connectivity index (χ2v) is 5.00. The van der Waals surface area contributed by atoms with Gasteiger partial charge in [0.25, 0.3) is 0 Å². The van der Waals surface area contributed by atoms with Gasteiger partial charge >= 0.3 is 0 Å². The number of aryl methyl sites for hydroxylation is 1. The lowest BCUT2D eigenvalue weighted by atomic mass is 10.1. The van der Waals surface area contributed by atoms with Crippen LogP contribution in [-0.2, 0) is 0 Å². The molecule has 0 bridgehead atoms. The predicted molar refractivity (Wildman–Crippen MR) is 78.3 cm³/mol. The molecule has 5 heteroatoms. The Morgan fingerprint density at radius 3 is 2.50 bits per heavy atom. The number of hydrogen-bond donors (Lipinski definition) is 0. The summed E-state index contributed by atoms with van der Waals surface area (Å²) < 4.78 is 0. The summed E-state index contributed by atoms with van der Waals surface area (Å²) in [5.74, 6) is 3.38. The molecule has 0 saturated carbocycles. The number of anilines is 1. The zero-order valence-corrected chi connectivity index (χ0v) is 12.1. The number of piperazine rings is 1. The first-order valence-corrected chi connectivity index (χ1v) is 6.82. The van der Waals surface area contributed by atoms with Crippen LogP contribution in [0.15, 0.2) is 0 Å². The van der Waals surface area contributed by atoms with E-state index in [2.05, 4.69) is 32.0 Å². The van der Waals surface area contributed by atoms with Gasteiger partial charge in [-0.1, -0.05) is 0 Å². The van der Waals surface area contributed by atoms with E-state index in [-0.39, 0.29) is 0 Å². The lowest BCUT2D eigenvalue weighted by Crippen LogP contribution is -2.47. The maximum Gasteiger partial charge on any atom is 0.169 e. The van der Waals surface area contributed by atoms with Crippen molar-refractivity contribution in [1.29, 1.82) is 5.26 Å². The largest absolute Gasteiger partial charge is 0.351 e. The molecule has 20 heavy (non-hydrogen) atoms. The third-order valence-electron chi connectivity index (χ3n) is 3.79. The molecular weight excluding hydrogens is 250 g/mol. The molecule has 0 N–H and O–H groups in total. The zero-order chi connectivity index (χ0) is 14.5. The SMILES string of the molecule is C#CCCN1CCN(c2nnc(C)c(C)c2C#N)CC1. The Morgan fingerprint density at radius 1 is 1.20 bits per heavy atom. The average Bonchev–Trinajstić information content (AvgIpc) is 2.48. The molecular formula is C15H19N5. The maximum absolute atomic E-state index is 9.35. The van der Waals surface area contributed by atoms with Gasteiger partial charge in [0.2, 0.25) is 0 Å². The summed E-state index contributed by atoms with van der Waals surface area (Å²) in [7, 11) is 0. The van der Waals surface area contributed by atoms with Crippen molar-refractivity contribution in [3.63, 3.8) is 0 Å².